The second kappa shape index (κ2) is 4.96. The highest BCUT2D eigenvalue weighted by Gasteiger charge is 2.14. The van der Waals surface area contributed by atoms with Crippen LogP contribution in [0.15, 0.2) is 12.1 Å². The van der Waals surface area contributed by atoms with Gasteiger partial charge in [-0.3, -0.25) is 0 Å². The van der Waals surface area contributed by atoms with E-state index in [2.05, 4.69) is 5.32 Å². The van der Waals surface area contributed by atoms with Crippen LogP contribution in [0.4, 0.5) is 4.39 Å². The van der Waals surface area contributed by atoms with E-state index in [0.29, 0.717) is 6.04 Å². The van der Waals surface area contributed by atoms with Gasteiger partial charge in [0.1, 0.15) is 5.82 Å². The highest BCUT2D eigenvalue weighted by Crippen LogP contribution is 2.19. The summed E-state index contributed by atoms with van der Waals surface area (Å²) in [5, 5.41) is 3.54. The lowest BCUT2D eigenvalue weighted by Crippen LogP contribution is -2.35. The van der Waals surface area contributed by atoms with Crippen molar-refractivity contribution in [3.05, 3.63) is 34.6 Å². The molecule has 1 N–H and O–H groups in total. The maximum absolute atomic E-state index is 13.3. The maximum atomic E-state index is 13.3. The Kier molecular flexibility index (Phi) is 3.59. The van der Waals surface area contributed by atoms with E-state index in [-0.39, 0.29) is 5.82 Å². The minimum absolute atomic E-state index is 0.0853. The van der Waals surface area contributed by atoms with E-state index >= 15 is 0 Å². The molecule has 0 spiro atoms. The van der Waals surface area contributed by atoms with Gasteiger partial charge in [-0.15, -0.1) is 0 Å². The standard InChI is InChI=1S/C14H20FN/c1-10-8-14(15)11(2)7-12(10)9-13-5-3-4-6-16-13/h7-8,13,16H,3-6,9H2,1-2H3. The third-order valence-electron chi connectivity index (χ3n) is 3.50. The third-order valence-corrected chi connectivity index (χ3v) is 3.50. The minimum atomic E-state index is -0.0853. The normalized spacial score (nSPS) is 21.1. The molecule has 88 valence electrons. The molecule has 0 aromatic heterocycles. The zero-order valence-electron chi connectivity index (χ0n) is 10.1. The first-order chi connectivity index (χ1) is 7.66. The number of aryl methyl sites for hydroxylation is 2. The molecule has 2 heteroatoms. The lowest BCUT2D eigenvalue weighted by atomic mass is 9.94. The Morgan fingerprint density at radius 2 is 2.06 bits per heavy atom. The number of piperidine rings is 1. The summed E-state index contributed by atoms with van der Waals surface area (Å²) in [6, 6.07) is 4.24. The average Bonchev–Trinajstić information content (AvgIpc) is 2.27. The molecule has 1 aliphatic heterocycles. The van der Waals surface area contributed by atoms with E-state index in [1.165, 1.54) is 24.8 Å². The average molecular weight is 221 g/mol. The Hall–Kier alpha value is -0.890. The first-order valence-corrected chi connectivity index (χ1v) is 6.16. The molecule has 1 aromatic carbocycles. The fraction of sp³-hybridized carbons (Fsp3) is 0.571. The minimum Gasteiger partial charge on any atom is -0.314 e. The van der Waals surface area contributed by atoms with Gasteiger partial charge < -0.3 is 5.32 Å². The van der Waals surface area contributed by atoms with Crippen LogP contribution in [0.2, 0.25) is 0 Å². The van der Waals surface area contributed by atoms with Gasteiger partial charge in [-0.25, -0.2) is 4.39 Å². The molecule has 1 nitrogen and oxygen atoms in total. The summed E-state index contributed by atoms with van der Waals surface area (Å²) in [5.41, 5.74) is 3.13. The second-order valence-electron chi connectivity index (χ2n) is 4.88. The number of rotatable bonds is 2. The molecule has 1 heterocycles. The molecule has 1 fully saturated rings. The van der Waals surface area contributed by atoms with Crippen molar-refractivity contribution in [2.24, 2.45) is 0 Å². The Labute approximate surface area is 97.1 Å². The van der Waals surface area contributed by atoms with Gasteiger partial charge in [0, 0.05) is 6.04 Å². The van der Waals surface area contributed by atoms with Crippen LogP contribution in [0.1, 0.15) is 36.0 Å². The van der Waals surface area contributed by atoms with Crippen LogP contribution in [0, 0.1) is 19.7 Å². The summed E-state index contributed by atoms with van der Waals surface area (Å²) >= 11 is 0. The van der Waals surface area contributed by atoms with E-state index in [1.54, 1.807) is 6.07 Å². The number of nitrogens with one attached hydrogen (secondary N) is 1. The summed E-state index contributed by atoms with van der Waals surface area (Å²) in [6.45, 7) is 4.97. The largest absolute Gasteiger partial charge is 0.314 e. The summed E-state index contributed by atoms with van der Waals surface area (Å²) in [6.07, 6.45) is 4.89. The first-order valence-electron chi connectivity index (χ1n) is 6.16. The topological polar surface area (TPSA) is 12.0 Å². The maximum Gasteiger partial charge on any atom is 0.126 e. The van der Waals surface area contributed by atoms with Gasteiger partial charge in [-0.2, -0.15) is 0 Å². The van der Waals surface area contributed by atoms with Crippen molar-refractivity contribution in [2.75, 3.05) is 6.54 Å². The lowest BCUT2D eigenvalue weighted by molar-refractivity contribution is 0.399. The molecule has 1 unspecified atom stereocenters. The summed E-state index contributed by atoms with van der Waals surface area (Å²) < 4.78 is 13.3. The molecule has 16 heavy (non-hydrogen) atoms. The zero-order chi connectivity index (χ0) is 11.5. The quantitative estimate of drug-likeness (QED) is 0.809. The van der Waals surface area contributed by atoms with Crippen molar-refractivity contribution in [2.45, 2.75) is 45.6 Å². The van der Waals surface area contributed by atoms with Crippen LogP contribution in [0.5, 0.6) is 0 Å². The molecule has 0 bridgehead atoms. The van der Waals surface area contributed by atoms with Crippen LogP contribution in [0.3, 0.4) is 0 Å². The monoisotopic (exact) mass is 221 g/mol. The molecular formula is C14H20FN. The highest BCUT2D eigenvalue weighted by atomic mass is 19.1. The Morgan fingerprint density at radius 3 is 2.75 bits per heavy atom. The first kappa shape index (κ1) is 11.6. The summed E-state index contributed by atoms with van der Waals surface area (Å²) in [5.74, 6) is -0.0853. The van der Waals surface area contributed by atoms with Crippen molar-refractivity contribution < 1.29 is 4.39 Å². The molecule has 1 atom stereocenters. The van der Waals surface area contributed by atoms with Crippen molar-refractivity contribution in [3.63, 3.8) is 0 Å². The van der Waals surface area contributed by atoms with Crippen LogP contribution in [-0.4, -0.2) is 12.6 Å². The van der Waals surface area contributed by atoms with Crippen LogP contribution < -0.4 is 5.32 Å². The van der Waals surface area contributed by atoms with Gasteiger partial charge in [0.2, 0.25) is 0 Å². The van der Waals surface area contributed by atoms with Gasteiger partial charge in [0.25, 0.3) is 0 Å². The van der Waals surface area contributed by atoms with Crippen LogP contribution in [0.25, 0.3) is 0 Å². The van der Waals surface area contributed by atoms with Crippen LogP contribution >= 0.6 is 0 Å². The lowest BCUT2D eigenvalue weighted by Gasteiger charge is -2.24. The third kappa shape index (κ3) is 2.62. The number of benzene rings is 1. The fourth-order valence-corrected chi connectivity index (χ4v) is 2.42. The smallest absolute Gasteiger partial charge is 0.126 e. The molecular weight excluding hydrogens is 201 g/mol. The van der Waals surface area contributed by atoms with Crippen LogP contribution in [-0.2, 0) is 6.42 Å². The summed E-state index contributed by atoms with van der Waals surface area (Å²) in [4.78, 5) is 0. The number of hydrogen-bond donors (Lipinski definition) is 1. The molecule has 0 radical (unpaired) electrons. The zero-order valence-corrected chi connectivity index (χ0v) is 10.1. The highest BCUT2D eigenvalue weighted by molar-refractivity contribution is 5.32. The predicted molar refractivity (Wildman–Crippen MR) is 65.2 cm³/mol. The van der Waals surface area contributed by atoms with E-state index < -0.39 is 0 Å². The van der Waals surface area contributed by atoms with E-state index in [4.69, 9.17) is 0 Å². The molecule has 0 aliphatic carbocycles. The van der Waals surface area contributed by atoms with Gasteiger partial charge >= 0.3 is 0 Å². The SMILES string of the molecule is Cc1cc(CC2CCCCN2)c(C)cc1F. The van der Waals surface area contributed by atoms with Gasteiger partial charge in [0.05, 0.1) is 0 Å². The Morgan fingerprint density at radius 1 is 1.25 bits per heavy atom. The second-order valence-corrected chi connectivity index (χ2v) is 4.88. The van der Waals surface area contributed by atoms with E-state index in [0.717, 1.165) is 24.1 Å². The molecule has 1 saturated heterocycles. The van der Waals surface area contributed by atoms with Crippen molar-refractivity contribution in [1.29, 1.82) is 0 Å². The fourth-order valence-electron chi connectivity index (χ4n) is 2.42. The number of hydrogen-bond acceptors (Lipinski definition) is 1. The van der Waals surface area contributed by atoms with Gasteiger partial charge in [-0.05, 0) is 62.4 Å². The molecule has 1 aromatic rings. The van der Waals surface area contributed by atoms with Crippen molar-refractivity contribution >= 4 is 0 Å². The van der Waals surface area contributed by atoms with E-state index in [9.17, 15) is 4.39 Å². The molecule has 1 aliphatic rings. The Bertz CT molecular complexity index is 367. The molecule has 0 saturated carbocycles. The van der Waals surface area contributed by atoms with Gasteiger partial charge in [0.15, 0.2) is 0 Å². The molecule has 2 rings (SSSR count). The van der Waals surface area contributed by atoms with Gasteiger partial charge in [-0.1, -0.05) is 12.5 Å². The van der Waals surface area contributed by atoms with E-state index in [1.807, 2.05) is 19.9 Å². The molecule has 0 amide bonds. The summed E-state index contributed by atoms with van der Waals surface area (Å²) in [7, 11) is 0. The number of halogens is 1. The predicted octanol–water partition coefficient (Wildman–Crippen LogP) is 3.13. The van der Waals surface area contributed by atoms with Crippen molar-refractivity contribution in [1.82, 2.24) is 5.32 Å². The Balaban J connectivity index is 2.11. The van der Waals surface area contributed by atoms with Crippen molar-refractivity contribution in [3.8, 4) is 0 Å².